The number of benzene rings is 2. The number of allylic oxidation sites excluding steroid dienone is 1. The number of furan rings is 1. The zero-order valence-electron chi connectivity index (χ0n) is 14.0. The Balaban J connectivity index is 1.46. The fourth-order valence-electron chi connectivity index (χ4n) is 2.63. The predicted octanol–water partition coefficient (Wildman–Crippen LogP) is 4.81. The second-order valence-electron chi connectivity index (χ2n) is 5.83. The number of halogens is 1. The molecule has 0 bridgehead atoms. The maximum absolute atomic E-state index is 12.4. The average molecular weight is 381 g/mol. The number of rotatable bonds is 5. The van der Waals surface area contributed by atoms with E-state index in [1.807, 2.05) is 0 Å². The van der Waals surface area contributed by atoms with Gasteiger partial charge >= 0.3 is 0 Å². The van der Waals surface area contributed by atoms with Crippen LogP contribution in [0.25, 0.3) is 6.08 Å². The van der Waals surface area contributed by atoms with Crippen LogP contribution in [0.4, 0.5) is 0 Å². The van der Waals surface area contributed by atoms with Crippen molar-refractivity contribution in [2.24, 2.45) is 0 Å². The van der Waals surface area contributed by atoms with Gasteiger partial charge in [-0.3, -0.25) is 9.59 Å². The van der Waals surface area contributed by atoms with Crippen molar-refractivity contribution in [2.75, 3.05) is 6.61 Å². The van der Waals surface area contributed by atoms with E-state index in [-0.39, 0.29) is 23.9 Å². The van der Waals surface area contributed by atoms with Crippen molar-refractivity contribution >= 4 is 29.2 Å². The Morgan fingerprint density at radius 1 is 1.11 bits per heavy atom. The van der Waals surface area contributed by atoms with Crippen molar-refractivity contribution in [2.45, 2.75) is 0 Å². The van der Waals surface area contributed by atoms with Crippen LogP contribution in [0.3, 0.4) is 0 Å². The summed E-state index contributed by atoms with van der Waals surface area (Å²) in [5, 5.41) is 0.561. The van der Waals surface area contributed by atoms with Crippen LogP contribution in [0.5, 0.6) is 11.5 Å². The molecule has 0 aliphatic carbocycles. The summed E-state index contributed by atoms with van der Waals surface area (Å²) in [6.45, 7) is -0.135. The summed E-state index contributed by atoms with van der Waals surface area (Å²) >= 11 is 5.82. The smallest absolute Gasteiger partial charge is 0.232 e. The molecule has 27 heavy (non-hydrogen) atoms. The lowest BCUT2D eigenvalue weighted by atomic mass is 10.1. The zero-order valence-corrected chi connectivity index (χ0v) is 14.7. The summed E-state index contributed by atoms with van der Waals surface area (Å²) in [4.78, 5) is 24.5. The van der Waals surface area contributed by atoms with E-state index in [0.717, 1.165) is 0 Å². The molecule has 2 heterocycles. The molecule has 0 radical (unpaired) electrons. The summed E-state index contributed by atoms with van der Waals surface area (Å²) in [5.74, 6) is 1.11. The first-order valence-electron chi connectivity index (χ1n) is 8.13. The molecule has 1 aromatic heterocycles. The van der Waals surface area contributed by atoms with Gasteiger partial charge in [-0.15, -0.1) is 0 Å². The van der Waals surface area contributed by atoms with Crippen LogP contribution >= 0.6 is 11.6 Å². The second-order valence-corrected chi connectivity index (χ2v) is 6.27. The summed E-state index contributed by atoms with van der Waals surface area (Å²) in [6.07, 6.45) is 3.05. The van der Waals surface area contributed by atoms with E-state index < -0.39 is 0 Å². The van der Waals surface area contributed by atoms with Crippen LogP contribution in [0, 0.1) is 0 Å². The Kier molecular flexibility index (Phi) is 4.52. The third kappa shape index (κ3) is 3.64. The Morgan fingerprint density at radius 2 is 1.93 bits per heavy atom. The lowest BCUT2D eigenvalue weighted by Crippen LogP contribution is -2.11. The minimum atomic E-state index is -0.231. The molecule has 0 N–H and O–H groups in total. The van der Waals surface area contributed by atoms with E-state index in [2.05, 4.69) is 0 Å². The Hall–Kier alpha value is -3.31. The van der Waals surface area contributed by atoms with Gasteiger partial charge in [-0.1, -0.05) is 11.6 Å². The molecule has 0 spiro atoms. The fraction of sp³-hybridized carbons (Fsp3) is 0.0476. The van der Waals surface area contributed by atoms with E-state index in [4.69, 9.17) is 25.5 Å². The molecule has 0 atom stereocenters. The molecule has 0 amide bonds. The molecule has 0 fully saturated rings. The molecule has 4 rings (SSSR count). The van der Waals surface area contributed by atoms with Gasteiger partial charge in [-0.2, -0.15) is 0 Å². The largest absolute Gasteiger partial charge is 0.485 e. The summed E-state index contributed by atoms with van der Waals surface area (Å²) in [6, 6.07) is 14.9. The lowest BCUT2D eigenvalue weighted by molar-refractivity contribution is 0.0921. The van der Waals surface area contributed by atoms with Crippen LogP contribution in [-0.4, -0.2) is 18.2 Å². The average Bonchev–Trinajstić information content (AvgIpc) is 3.29. The lowest BCUT2D eigenvalue weighted by Gasteiger charge is -2.07. The highest BCUT2D eigenvalue weighted by Crippen LogP contribution is 2.35. The normalized spacial score (nSPS) is 14.1. The van der Waals surface area contributed by atoms with Gasteiger partial charge in [0.2, 0.25) is 5.78 Å². The van der Waals surface area contributed by atoms with Crippen LogP contribution in [0.2, 0.25) is 5.02 Å². The topological polar surface area (TPSA) is 65.7 Å². The van der Waals surface area contributed by atoms with Gasteiger partial charge in [0.1, 0.15) is 17.3 Å². The Labute approximate surface area is 159 Å². The van der Waals surface area contributed by atoms with Gasteiger partial charge in [0.05, 0.1) is 11.8 Å². The summed E-state index contributed by atoms with van der Waals surface area (Å²) in [5.41, 5.74) is 0.944. The molecule has 1 aliphatic heterocycles. The fourth-order valence-corrected chi connectivity index (χ4v) is 2.75. The minimum Gasteiger partial charge on any atom is -0.485 e. The number of carbonyl (C=O) groups is 2. The molecule has 0 saturated heterocycles. The number of ether oxygens (including phenoxy) is 2. The summed E-state index contributed by atoms with van der Waals surface area (Å²) in [7, 11) is 0. The maximum atomic E-state index is 12.4. The predicted molar refractivity (Wildman–Crippen MR) is 99.4 cm³/mol. The van der Waals surface area contributed by atoms with E-state index in [9.17, 15) is 9.59 Å². The van der Waals surface area contributed by atoms with Gasteiger partial charge in [0.15, 0.2) is 18.1 Å². The molecule has 0 saturated carbocycles. The molecule has 1 aliphatic rings. The van der Waals surface area contributed by atoms with Crippen molar-refractivity contribution in [3.8, 4) is 11.5 Å². The van der Waals surface area contributed by atoms with Crippen molar-refractivity contribution in [1.82, 2.24) is 0 Å². The highest BCUT2D eigenvalue weighted by molar-refractivity contribution is 6.30. The van der Waals surface area contributed by atoms with Crippen molar-refractivity contribution in [3.63, 3.8) is 0 Å². The van der Waals surface area contributed by atoms with Gasteiger partial charge < -0.3 is 13.9 Å². The van der Waals surface area contributed by atoms with Gasteiger partial charge in [-0.25, -0.2) is 0 Å². The van der Waals surface area contributed by atoms with E-state index in [1.165, 1.54) is 12.3 Å². The van der Waals surface area contributed by atoms with E-state index in [0.29, 0.717) is 33.4 Å². The minimum absolute atomic E-state index is 0.135. The molecular weight excluding hydrogens is 368 g/mol. The maximum Gasteiger partial charge on any atom is 0.232 e. The Bertz CT molecular complexity index is 1030. The molecule has 5 nitrogen and oxygen atoms in total. The van der Waals surface area contributed by atoms with Gasteiger partial charge in [0, 0.05) is 22.7 Å². The molecular formula is C21H13ClO5. The first kappa shape index (κ1) is 17.1. The number of ketones is 2. The number of fused-ring (bicyclic) bond motifs is 1. The number of hydrogen-bond acceptors (Lipinski definition) is 5. The van der Waals surface area contributed by atoms with Crippen LogP contribution in [0.1, 0.15) is 26.5 Å². The molecule has 134 valence electrons. The Morgan fingerprint density at radius 3 is 2.67 bits per heavy atom. The number of hydrogen-bond donors (Lipinski definition) is 0. The quantitative estimate of drug-likeness (QED) is 0.469. The molecule has 2 aromatic carbocycles. The molecule has 0 unspecified atom stereocenters. The summed E-state index contributed by atoms with van der Waals surface area (Å²) < 4.78 is 16.4. The third-order valence-electron chi connectivity index (χ3n) is 3.99. The van der Waals surface area contributed by atoms with Crippen LogP contribution in [-0.2, 0) is 0 Å². The van der Waals surface area contributed by atoms with E-state index in [1.54, 1.807) is 54.6 Å². The van der Waals surface area contributed by atoms with Crippen molar-refractivity contribution in [1.29, 1.82) is 0 Å². The number of carbonyl (C=O) groups excluding carboxylic acids is 2. The van der Waals surface area contributed by atoms with Gasteiger partial charge in [0.25, 0.3) is 0 Å². The zero-order chi connectivity index (χ0) is 18.8. The first-order chi connectivity index (χ1) is 13.1. The van der Waals surface area contributed by atoms with Crippen molar-refractivity contribution < 1.29 is 23.5 Å². The highest BCUT2D eigenvalue weighted by Gasteiger charge is 2.28. The third-order valence-corrected chi connectivity index (χ3v) is 4.25. The van der Waals surface area contributed by atoms with Crippen LogP contribution < -0.4 is 9.47 Å². The van der Waals surface area contributed by atoms with Crippen LogP contribution in [0.15, 0.2) is 71.0 Å². The SMILES string of the molecule is O=C(COc1ccc2c(c1)OC(=Cc1ccco1)C2=O)c1ccc(Cl)cc1. The first-order valence-corrected chi connectivity index (χ1v) is 8.51. The highest BCUT2D eigenvalue weighted by atomic mass is 35.5. The molecule has 3 aromatic rings. The monoisotopic (exact) mass is 380 g/mol. The van der Waals surface area contributed by atoms with E-state index >= 15 is 0 Å². The van der Waals surface area contributed by atoms with Gasteiger partial charge in [-0.05, 0) is 48.5 Å². The molecule has 6 heteroatoms. The standard InChI is InChI=1S/C21H13ClO5/c22-14-5-3-13(4-6-14)18(23)12-26-16-7-8-17-19(10-16)27-20(21(17)24)11-15-2-1-9-25-15/h1-11H,12H2. The second kappa shape index (κ2) is 7.13. The number of Topliss-reactive ketones (excluding diaryl/α,β-unsaturated/α-hetero) is 2. The van der Waals surface area contributed by atoms with Crippen molar-refractivity contribution in [3.05, 3.63) is 88.5 Å².